The molecule has 1 aromatic carbocycles. The van der Waals surface area contributed by atoms with Gasteiger partial charge < -0.3 is 16.4 Å². The first-order valence-corrected chi connectivity index (χ1v) is 13.7. The number of thioether (sulfide) groups is 1. The second kappa shape index (κ2) is 15.1. The molecule has 33 heavy (non-hydrogen) atoms. The van der Waals surface area contributed by atoms with Gasteiger partial charge in [0.05, 0.1) is 0 Å². The zero-order valence-corrected chi connectivity index (χ0v) is 20.9. The van der Waals surface area contributed by atoms with E-state index in [1.54, 1.807) is 17.8 Å². The molecule has 3 rings (SSSR count). The lowest BCUT2D eigenvalue weighted by Crippen LogP contribution is -2.46. The van der Waals surface area contributed by atoms with Crippen molar-refractivity contribution in [3.05, 3.63) is 42.0 Å². The normalized spacial score (nSPS) is 15.2. The first kappa shape index (κ1) is 25.8. The molecule has 1 aliphatic heterocycles. The minimum Gasteiger partial charge on any atom is -0.383 e. The molecule has 0 amide bonds. The summed E-state index contributed by atoms with van der Waals surface area (Å²) in [5.41, 5.74) is 12.8. The average molecular weight is 471 g/mol. The van der Waals surface area contributed by atoms with E-state index < -0.39 is 0 Å². The van der Waals surface area contributed by atoms with E-state index in [-0.39, 0.29) is 0 Å². The van der Waals surface area contributed by atoms with Crippen LogP contribution in [0.3, 0.4) is 0 Å². The van der Waals surface area contributed by atoms with Crippen LogP contribution in [0.1, 0.15) is 63.4 Å². The number of anilines is 2. The molecular formula is C26H42N6S. The summed E-state index contributed by atoms with van der Waals surface area (Å²) in [5, 5.41) is 0.696. The van der Waals surface area contributed by atoms with E-state index in [0.717, 1.165) is 12.3 Å². The van der Waals surface area contributed by atoms with Crippen LogP contribution in [0.25, 0.3) is 0 Å². The molecule has 2 heterocycles. The number of nitrogens with zero attached hydrogens (tertiary/aromatic N) is 4. The second-order valence-electron chi connectivity index (χ2n) is 9.13. The lowest BCUT2D eigenvalue weighted by Gasteiger charge is -2.34. The van der Waals surface area contributed by atoms with Crippen LogP contribution >= 0.6 is 11.8 Å². The van der Waals surface area contributed by atoms with Crippen molar-refractivity contribution in [3.8, 4) is 0 Å². The Hall–Kier alpha value is -1.83. The molecule has 0 bridgehead atoms. The van der Waals surface area contributed by atoms with E-state index in [1.165, 1.54) is 96.1 Å². The highest BCUT2D eigenvalue weighted by molar-refractivity contribution is 7.99. The summed E-state index contributed by atoms with van der Waals surface area (Å²) in [4.78, 5) is 13.7. The van der Waals surface area contributed by atoms with E-state index in [2.05, 4.69) is 50.1 Å². The molecule has 1 aliphatic rings. The second-order valence-corrected chi connectivity index (χ2v) is 10.2. The molecule has 2 aromatic rings. The van der Waals surface area contributed by atoms with Crippen molar-refractivity contribution in [2.24, 2.45) is 0 Å². The minimum atomic E-state index is 0.450. The monoisotopic (exact) mass is 470 g/mol. The molecule has 1 saturated heterocycles. The smallest absolute Gasteiger partial charge is 0.191 e. The van der Waals surface area contributed by atoms with Gasteiger partial charge in [-0.2, -0.15) is 0 Å². The number of hydrogen-bond donors (Lipinski definition) is 2. The van der Waals surface area contributed by atoms with Crippen LogP contribution in [-0.2, 0) is 6.54 Å². The predicted molar refractivity (Wildman–Crippen MR) is 141 cm³/mol. The minimum absolute atomic E-state index is 0.450. The zero-order valence-electron chi connectivity index (χ0n) is 20.1. The van der Waals surface area contributed by atoms with Gasteiger partial charge in [0.2, 0.25) is 0 Å². The van der Waals surface area contributed by atoms with E-state index in [0.29, 0.717) is 16.8 Å². The Labute approximate surface area is 204 Å². The Balaban J connectivity index is 1.09. The molecule has 182 valence electrons. The SMILES string of the molecule is Nc1cc(N)nc(SCCCCCCCCCCCN2CCN(Cc3ccccc3)CC2)n1. The molecule has 1 fully saturated rings. The van der Waals surface area contributed by atoms with E-state index in [9.17, 15) is 0 Å². The Morgan fingerprint density at radius 3 is 1.88 bits per heavy atom. The van der Waals surface area contributed by atoms with Gasteiger partial charge in [0.25, 0.3) is 0 Å². The largest absolute Gasteiger partial charge is 0.383 e. The van der Waals surface area contributed by atoms with Gasteiger partial charge in [-0.25, -0.2) is 9.97 Å². The topological polar surface area (TPSA) is 84.3 Å². The van der Waals surface area contributed by atoms with Crippen LogP contribution in [0.2, 0.25) is 0 Å². The molecule has 4 N–H and O–H groups in total. The van der Waals surface area contributed by atoms with E-state index in [1.807, 2.05) is 0 Å². The number of piperazine rings is 1. The molecule has 6 nitrogen and oxygen atoms in total. The number of unbranched alkanes of at least 4 members (excludes halogenated alkanes) is 8. The maximum Gasteiger partial charge on any atom is 0.191 e. The van der Waals surface area contributed by atoms with Crippen molar-refractivity contribution in [1.29, 1.82) is 0 Å². The third kappa shape index (κ3) is 10.8. The van der Waals surface area contributed by atoms with Gasteiger partial charge in [0, 0.05) is 44.5 Å². The molecule has 0 unspecified atom stereocenters. The molecule has 1 aromatic heterocycles. The van der Waals surface area contributed by atoms with Crippen LogP contribution in [-0.4, -0.2) is 58.2 Å². The summed E-state index contributed by atoms with van der Waals surface area (Å²) in [6, 6.07) is 12.4. The average Bonchev–Trinajstić information content (AvgIpc) is 2.81. The van der Waals surface area contributed by atoms with Crippen LogP contribution < -0.4 is 11.5 Å². The predicted octanol–water partition coefficient (Wildman–Crippen LogP) is 5.06. The Bertz CT molecular complexity index is 759. The molecule has 0 atom stereocenters. The van der Waals surface area contributed by atoms with Gasteiger partial charge in [-0.05, 0) is 24.9 Å². The fraction of sp³-hybridized carbons (Fsp3) is 0.615. The molecule has 0 aliphatic carbocycles. The van der Waals surface area contributed by atoms with Crippen molar-refractivity contribution in [2.45, 2.75) is 69.5 Å². The van der Waals surface area contributed by atoms with Crippen molar-refractivity contribution in [3.63, 3.8) is 0 Å². The maximum absolute atomic E-state index is 5.71. The fourth-order valence-electron chi connectivity index (χ4n) is 4.38. The van der Waals surface area contributed by atoms with Gasteiger partial charge in [-0.1, -0.05) is 87.0 Å². The first-order chi connectivity index (χ1) is 16.2. The zero-order chi connectivity index (χ0) is 23.1. The van der Waals surface area contributed by atoms with Crippen LogP contribution in [0.4, 0.5) is 11.6 Å². The summed E-state index contributed by atoms with van der Waals surface area (Å²) in [7, 11) is 0. The Kier molecular flexibility index (Phi) is 11.8. The summed E-state index contributed by atoms with van der Waals surface area (Å²) < 4.78 is 0. The maximum atomic E-state index is 5.71. The number of aromatic nitrogens is 2. The summed E-state index contributed by atoms with van der Waals surface area (Å²) in [5.74, 6) is 1.93. The number of nitrogens with two attached hydrogens (primary N) is 2. The Morgan fingerprint density at radius 1 is 0.697 bits per heavy atom. The van der Waals surface area contributed by atoms with Gasteiger partial charge in [-0.3, -0.25) is 4.90 Å². The summed E-state index contributed by atoms with van der Waals surface area (Å²) in [6.45, 7) is 7.23. The molecule has 0 spiro atoms. The number of rotatable bonds is 15. The third-order valence-electron chi connectivity index (χ3n) is 6.31. The van der Waals surface area contributed by atoms with Gasteiger partial charge >= 0.3 is 0 Å². The number of nitrogen functional groups attached to an aromatic ring is 2. The van der Waals surface area contributed by atoms with Crippen molar-refractivity contribution in [1.82, 2.24) is 19.8 Å². The molecule has 0 radical (unpaired) electrons. The van der Waals surface area contributed by atoms with Gasteiger partial charge in [0.1, 0.15) is 11.6 Å². The standard InChI is InChI=1S/C26H42N6S/c27-24-21-25(28)30-26(29-24)33-20-12-7-5-3-1-2-4-6-11-15-31-16-18-32(19-17-31)22-23-13-9-8-10-14-23/h8-10,13-14,21H,1-7,11-12,15-20,22H2,(H4,27,28,29,30). The van der Waals surface area contributed by atoms with Crippen molar-refractivity contribution < 1.29 is 0 Å². The van der Waals surface area contributed by atoms with Crippen LogP contribution in [0.15, 0.2) is 41.6 Å². The fourth-order valence-corrected chi connectivity index (χ4v) is 5.25. The Morgan fingerprint density at radius 2 is 1.24 bits per heavy atom. The highest BCUT2D eigenvalue weighted by Crippen LogP contribution is 2.19. The number of benzene rings is 1. The summed E-state index contributed by atoms with van der Waals surface area (Å²) in [6.07, 6.45) is 12.0. The van der Waals surface area contributed by atoms with Crippen molar-refractivity contribution in [2.75, 3.05) is 49.9 Å². The first-order valence-electron chi connectivity index (χ1n) is 12.7. The highest BCUT2D eigenvalue weighted by atomic mass is 32.2. The van der Waals surface area contributed by atoms with Crippen molar-refractivity contribution >= 4 is 23.4 Å². The van der Waals surface area contributed by atoms with E-state index in [4.69, 9.17) is 11.5 Å². The van der Waals surface area contributed by atoms with Crippen LogP contribution in [0.5, 0.6) is 0 Å². The van der Waals surface area contributed by atoms with Gasteiger partial charge in [0.15, 0.2) is 5.16 Å². The summed E-state index contributed by atoms with van der Waals surface area (Å²) >= 11 is 1.65. The van der Waals surface area contributed by atoms with Crippen LogP contribution in [0, 0.1) is 0 Å². The lowest BCUT2D eigenvalue weighted by molar-refractivity contribution is 0.125. The van der Waals surface area contributed by atoms with E-state index >= 15 is 0 Å². The lowest BCUT2D eigenvalue weighted by atomic mass is 10.1. The quantitative estimate of drug-likeness (QED) is 0.214. The third-order valence-corrected chi connectivity index (χ3v) is 7.24. The van der Waals surface area contributed by atoms with Gasteiger partial charge in [-0.15, -0.1) is 0 Å². The molecule has 0 saturated carbocycles. The molecular weight excluding hydrogens is 428 g/mol. The highest BCUT2D eigenvalue weighted by Gasteiger charge is 2.16. The molecule has 7 heteroatoms. The number of hydrogen-bond acceptors (Lipinski definition) is 7.